The Morgan fingerprint density at radius 2 is 0.648 bits per heavy atom. The molecule has 28 heteroatoms. The number of nitrogens with two attached hydrogens (primary N) is 5. The minimum atomic E-state index is -1.20. The number of nitrogens with one attached hydrogen (secondary N) is 8. The lowest BCUT2D eigenvalue weighted by atomic mass is 10.1. The summed E-state index contributed by atoms with van der Waals surface area (Å²) < 4.78 is 21.7. The van der Waals surface area contributed by atoms with E-state index < -0.39 is 89.7 Å². The molecule has 88 heavy (non-hydrogen) atoms. The van der Waals surface area contributed by atoms with Gasteiger partial charge in [0, 0.05) is 29.2 Å². The number of anilines is 4. The third kappa shape index (κ3) is 22.5. The number of hydrogen-bond donors (Lipinski definition) is 14. The molecule has 0 bridgehead atoms. The van der Waals surface area contributed by atoms with Crippen LogP contribution in [0.25, 0.3) is 0 Å². The van der Waals surface area contributed by atoms with E-state index in [4.69, 9.17) is 52.7 Å². The van der Waals surface area contributed by atoms with E-state index in [2.05, 4.69) is 42.5 Å². The number of carbonyl (C=O) groups excluding carboxylic acids is 9. The van der Waals surface area contributed by atoms with Gasteiger partial charge in [0.25, 0.3) is 23.6 Å². The molecule has 4 aromatic carbocycles. The maximum atomic E-state index is 14.3. The number of carboxylic acids is 1. The number of rotatable bonds is 39. The third-order valence-corrected chi connectivity index (χ3v) is 13.7. The lowest BCUT2D eigenvalue weighted by Gasteiger charge is -2.22. The first-order chi connectivity index (χ1) is 42.2. The number of benzene rings is 4. The lowest BCUT2D eigenvalue weighted by Crippen LogP contribution is -2.44. The molecule has 478 valence electrons. The molecule has 19 N–H and O–H groups in total. The number of hydrogen-bond acceptors (Lipinski definition) is 18. The average molecular weight is 1230 g/mol. The van der Waals surface area contributed by atoms with Crippen molar-refractivity contribution in [2.45, 2.75) is 114 Å². The molecule has 0 aliphatic carbocycles. The van der Waals surface area contributed by atoms with Crippen molar-refractivity contribution in [3.63, 3.8) is 0 Å². The van der Waals surface area contributed by atoms with Crippen LogP contribution in [0, 0.1) is 0 Å². The van der Waals surface area contributed by atoms with Gasteiger partial charge < -0.3 is 95.3 Å². The summed E-state index contributed by atoms with van der Waals surface area (Å²) in [6, 6.07) is 12.5. The van der Waals surface area contributed by atoms with Crippen LogP contribution in [0.1, 0.15) is 131 Å². The second-order valence-electron chi connectivity index (χ2n) is 20.2. The summed E-state index contributed by atoms with van der Waals surface area (Å²) >= 11 is 0. The first-order valence-corrected chi connectivity index (χ1v) is 28.7. The maximum Gasteiger partial charge on any atom is 0.303 e. The predicted octanol–water partition coefficient (Wildman–Crippen LogP) is 2.84. The second kappa shape index (κ2) is 37.2. The number of amides is 9. The van der Waals surface area contributed by atoms with Crippen LogP contribution in [0.5, 0.6) is 23.0 Å². The Balaban J connectivity index is 1.56. The van der Waals surface area contributed by atoms with Crippen molar-refractivity contribution in [3.8, 4) is 23.0 Å². The Kier molecular flexibility index (Phi) is 30.1. The fourth-order valence-electron chi connectivity index (χ4n) is 9.03. The number of carbonyl (C=O) groups is 10. The van der Waals surface area contributed by atoms with Gasteiger partial charge in [-0.3, -0.25) is 47.9 Å². The summed E-state index contributed by atoms with van der Waals surface area (Å²) in [5.41, 5.74) is 28.9. The zero-order chi connectivity index (χ0) is 64.7. The van der Waals surface area contributed by atoms with Crippen LogP contribution in [-0.2, 0) is 28.8 Å². The molecule has 0 aliphatic rings. The Morgan fingerprint density at radius 1 is 0.386 bits per heavy atom. The number of aliphatic carboxylic acids is 1. The van der Waals surface area contributed by atoms with Crippen molar-refractivity contribution >= 4 is 81.9 Å². The minimum Gasteiger partial charge on any atom is -0.496 e. The Labute approximate surface area is 510 Å². The summed E-state index contributed by atoms with van der Waals surface area (Å²) in [5, 5.41) is 30.8. The zero-order valence-electron chi connectivity index (χ0n) is 50.0. The number of primary amides is 1. The SMILES string of the molecule is COc1ccc(NC(=O)[C@H](CCCCN)NC(=O)c2cc(NC(=O)[C@H](CCCCN)NC(=O)c3cc(NC(=O)[C@H](CCCCN)NC(=O)c4cc(NC(=O)[C@H](CCCCN)NC(=O)CCC(=O)O)ccc4OC)ccc3OC)ccc2OC)cc1C(N)=O. The molecule has 0 spiro atoms. The van der Waals surface area contributed by atoms with Gasteiger partial charge in [-0.15, -0.1) is 0 Å². The summed E-state index contributed by atoms with van der Waals surface area (Å²) in [6.45, 7) is 1.26. The molecule has 0 saturated heterocycles. The highest BCUT2D eigenvalue weighted by molar-refractivity contribution is 6.08. The fourth-order valence-corrected chi connectivity index (χ4v) is 9.03. The van der Waals surface area contributed by atoms with Crippen LogP contribution in [-0.4, -0.2) is 143 Å². The third-order valence-electron chi connectivity index (χ3n) is 13.7. The summed E-state index contributed by atoms with van der Waals surface area (Å²) in [6.07, 6.45) is 3.64. The Bertz CT molecular complexity index is 3070. The van der Waals surface area contributed by atoms with Crippen LogP contribution in [0.2, 0.25) is 0 Å². The van der Waals surface area contributed by atoms with Crippen LogP contribution in [0.4, 0.5) is 22.7 Å². The highest BCUT2D eigenvalue weighted by Gasteiger charge is 2.29. The zero-order valence-corrected chi connectivity index (χ0v) is 50.0. The monoisotopic (exact) mass is 1230 g/mol. The number of unbranched alkanes of at least 4 members (excludes halogenated alkanes) is 4. The average Bonchev–Trinajstić information content (AvgIpc) is 1.79. The smallest absolute Gasteiger partial charge is 0.303 e. The van der Waals surface area contributed by atoms with E-state index in [9.17, 15) is 47.9 Å². The molecule has 4 atom stereocenters. The molecule has 9 amide bonds. The van der Waals surface area contributed by atoms with Gasteiger partial charge >= 0.3 is 5.97 Å². The molecule has 0 heterocycles. The van der Waals surface area contributed by atoms with E-state index >= 15 is 0 Å². The van der Waals surface area contributed by atoms with Crippen LogP contribution < -0.4 is 90.2 Å². The molecule has 0 aromatic heterocycles. The fraction of sp³-hybridized carbons (Fsp3) is 0.433. The van der Waals surface area contributed by atoms with Gasteiger partial charge in [-0.05, 0) is 176 Å². The van der Waals surface area contributed by atoms with Crippen molar-refractivity contribution in [2.75, 3.05) is 75.9 Å². The van der Waals surface area contributed by atoms with Crippen molar-refractivity contribution < 1.29 is 72.0 Å². The van der Waals surface area contributed by atoms with Gasteiger partial charge in [-0.2, -0.15) is 0 Å². The highest BCUT2D eigenvalue weighted by Crippen LogP contribution is 2.28. The largest absolute Gasteiger partial charge is 0.496 e. The number of methoxy groups -OCH3 is 4. The van der Waals surface area contributed by atoms with Crippen LogP contribution in [0.15, 0.2) is 72.8 Å². The van der Waals surface area contributed by atoms with E-state index in [1.54, 1.807) is 0 Å². The van der Waals surface area contributed by atoms with E-state index in [0.29, 0.717) is 77.5 Å². The second-order valence-corrected chi connectivity index (χ2v) is 20.2. The molecule has 0 radical (unpaired) electrons. The molecule has 0 fully saturated rings. The lowest BCUT2D eigenvalue weighted by molar-refractivity contribution is -0.139. The Hall–Kier alpha value is -9.38. The molecule has 4 rings (SSSR count). The topological polar surface area (TPSA) is 454 Å². The minimum absolute atomic E-state index is 0.0240. The van der Waals surface area contributed by atoms with Gasteiger partial charge in [0.05, 0.1) is 57.1 Å². The maximum absolute atomic E-state index is 14.3. The van der Waals surface area contributed by atoms with Crippen molar-refractivity contribution in [1.82, 2.24) is 21.3 Å². The summed E-state index contributed by atoms with van der Waals surface area (Å²) in [7, 11) is 5.35. The molecule has 0 aliphatic heterocycles. The standard InChI is InChI=1S/C60H83N13O15/c1-85-47-21-17-35(31-39(47)53(65)77)66-58(82)44(14-6-10-28-62)71-55(79)41-33-37(19-23-49(41)87-3)68-60(84)46(16-8-12-30-64)73-56(80)42-34-38(20-24-50(42)88-4)69-59(83)45(15-7-11-29-63)72-54(78)40-32-36(18-22-48(40)86-2)67-57(81)43(13-5-9-27-61)70-51(74)25-26-52(75)76/h17-24,31-34,43-46H,5-16,25-30,61-64H2,1-4H3,(H2,65,77)(H,66,82)(H,67,81)(H,68,84)(H,69,83)(H,70,74)(H,71,79)(H,72,78)(H,73,80)(H,75,76)/t43-,44-,45-,46-/m0/s1. The molecule has 28 nitrogen and oxygen atoms in total. The predicted molar refractivity (Wildman–Crippen MR) is 329 cm³/mol. The number of carboxylic acid groups (broad SMARTS) is 1. The van der Waals surface area contributed by atoms with Gasteiger partial charge in [-0.25, -0.2) is 0 Å². The first kappa shape index (κ1) is 71.1. The van der Waals surface area contributed by atoms with Crippen molar-refractivity contribution in [1.29, 1.82) is 0 Å². The van der Waals surface area contributed by atoms with Gasteiger partial charge in [-0.1, -0.05) is 0 Å². The molecule has 0 saturated carbocycles. The molecule has 0 unspecified atom stereocenters. The quantitative estimate of drug-likeness (QED) is 0.0286. The van der Waals surface area contributed by atoms with E-state index in [1.807, 2.05) is 0 Å². The van der Waals surface area contributed by atoms with E-state index in [0.717, 1.165) is 0 Å². The Morgan fingerprint density at radius 3 is 0.898 bits per heavy atom. The van der Waals surface area contributed by atoms with Crippen LogP contribution >= 0.6 is 0 Å². The van der Waals surface area contributed by atoms with E-state index in [-0.39, 0.29) is 100 Å². The van der Waals surface area contributed by atoms with Crippen LogP contribution in [0.3, 0.4) is 0 Å². The van der Waals surface area contributed by atoms with Gasteiger partial charge in [0.2, 0.25) is 29.5 Å². The number of ether oxygens (including phenoxy) is 4. The molecular formula is C60H83N13O15. The summed E-state index contributed by atoms with van der Waals surface area (Å²) in [5.74, 6) is -7.02. The van der Waals surface area contributed by atoms with Crippen molar-refractivity contribution in [2.24, 2.45) is 28.7 Å². The normalized spacial score (nSPS) is 12.1. The van der Waals surface area contributed by atoms with Gasteiger partial charge in [0.1, 0.15) is 47.2 Å². The van der Waals surface area contributed by atoms with Gasteiger partial charge in [0.15, 0.2) is 0 Å². The molecule has 4 aromatic rings. The highest BCUT2D eigenvalue weighted by atomic mass is 16.5. The van der Waals surface area contributed by atoms with Crippen molar-refractivity contribution in [3.05, 3.63) is 95.1 Å². The molecular weight excluding hydrogens is 1140 g/mol. The van der Waals surface area contributed by atoms with E-state index in [1.165, 1.54) is 101 Å². The first-order valence-electron chi connectivity index (χ1n) is 28.7. The summed E-state index contributed by atoms with van der Waals surface area (Å²) in [4.78, 5) is 134.